The number of hydrogen-bond donors (Lipinski definition) is 2. The molecule has 0 atom stereocenters. The smallest absolute Gasteiger partial charge is 0.216 e. The average Bonchev–Trinajstić information content (AvgIpc) is 2.48. The second kappa shape index (κ2) is 7.22. The SMILES string of the molecule is CC(=O)NCC1CCN(c2ccc(CN)c(Br)c2F)CC1. The summed E-state index contributed by atoms with van der Waals surface area (Å²) in [4.78, 5) is 13.0. The zero-order valence-electron chi connectivity index (χ0n) is 12.2. The van der Waals surface area contributed by atoms with E-state index in [0.29, 0.717) is 29.2 Å². The van der Waals surface area contributed by atoms with E-state index in [0.717, 1.165) is 31.5 Å². The van der Waals surface area contributed by atoms with Crippen molar-refractivity contribution in [2.75, 3.05) is 24.5 Å². The van der Waals surface area contributed by atoms with Gasteiger partial charge in [-0.1, -0.05) is 6.07 Å². The number of hydrogen-bond acceptors (Lipinski definition) is 3. The molecule has 0 unspecified atom stereocenters. The average molecular weight is 358 g/mol. The van der Waals surface area contributed by atoms with Crippen molar-refractivity contribution < 1.29 is 9.18 Å². The summed E-state index contributed by atoms with van der Waals surface area (Å²) >= 11 is 3.28. The number of carbonyl (C=O) groups excluding carboxylic acids is 1. The van der Waals surface area contributed by atoms with Crippen LogP contribution < -0.4 is 16.0 Å². The molecule has 1 fully saturated rings. The quantitative estimate of drug-likeness (QED) is 0.869. The maximum Gasteiger partial charge on any atom is 0.216 e. The Hall–Kier alpha value is -1.14. The van der Waals surface area contributed by atoms with Crippen LogP contribution in [0.1, 0.15) is 25.3 Å². The zero-order chi connectivity index (χ0) is 15.4. The first-order valence-electron chi connectivity index (χ1n) is 7.19. The van der Waals surface area contributed by atoms with E-state index in [1.807, 2.05) is 6.07 Å². The van der Waals surface area contributed by atoms with Crippen LogP contribution in [0.4, 0.5) is 10.1 Å². The Morgan fingerprint density at radius 1 is 1.48 bits per heavy atom. The summed E-state index contributed by atoms with van der Waals surface area (Å²) in [7, 11) is 0. The van der Waals surface area contributed by atoms with Gasteiger partial charge in [-0.25, -0.2) is 4.39 Å². The van der Waals surface area contributed by atoms with E-state index < -0.39 is 0 Å². The Balaban J connectivity index is 1.99. The zero-order valence-corrected chi connectivity index (χ0v) is 13.7. The minimum absolute atomic E-state index is 0.00442. The van der Waals surface area contributed by atoms with E-state index in [4.69, 9.17) is 5.73 Å². The van der Waals surface area contributed by atoms with E-state index in [1.165, 1.54) is 6.92 Å². The number of benzene rings is 1. The van der Waals surface area contributed by atoms with Crippen molar-refractivity contribution in [1.29, 1.82) is 0 Å². The summed E-state index contributed by atoms with van der Waals surface area (Å²) in [6.07, 6.45) is 1.91. The lowest BCUT2D eigenvalue weighted by atomic mass is 9.96. The molecule has 21 heavy (non-hydrogen) atoms. The van der Waals surface area contributed by atoms with Gasteiger partial charge in [0.05, 0.1) is 10.2 Å². The van der Waals surface area contributed by atoms with E-state index >= 15 is 0 Å². The van der Waals surface area contributed by atoms with Gasteiger partial charge in [0, 0.05) is 33.1 Å². The number of amides is 1. The summed E-state index contributed by atoms with van der Waals surface area (Å²) in [6, 6.07) is 3.67. The molecule has 1 aromatic rings. The van der Waals surface area contributed by atoms with Gasteiger partial charge in [-0.15, -0.1) is 0 Å². The van der Waals surface area contributed by atoms with Crippen LogP contribution in [-0.2, 0) is 11.3 Å². The highest BCUT2D eigenvalue weighted by Gasteiger charge is 2.22. The van der Waals surface area contributed by atoms with Gasteiger partial charge in [-0.3, -0.25) is 4.79 Å². The molecule has 1 heterocycles. The largest absolute Gasteiger partial charge is 0.369 e. The molecule has 3 N–H and O–H groups in total. The molecule has 0 bridgehead atoms. The maximum absolute atomic E-state index is 14.4. The van der Waals surface area contributed by atoms with Gasteiger partial charge in [-0.05, 0) is 46.3 Å². The summed E-state index contributed by atoms with van der Waals surface area (Å²) in [5.74, 6) is 0.239. The van der Waals surface area contributed by atoms with Gasteiger partial charge in [0.1, 0.15) is 0 Å². The maximum atomic E-state index is 14.4. The van der Waals surface area contributed by atoms with Crippen LogP contribution in [0, 0.1) is 11.7 Å². The van der Waals surface area contributed by atoms with Gasteiger partial charge in [0.15, 0.2) is 5.82 Å². The Morgan fingerprint density at radius 2 is 2.14 bits per heavy atom. The van der Waals surface area contributed by atoms with Crippen LogP contribution in [-0.4, -0.2) is 25.5 Å². The molecule has 1 amide bonds. The standard InChI is InChI=1S/C15H21BrFN3O/c1-10(21)19-9-11-4-6-20(7-5-11)13-3-2-12(8-18)14(16)15(13)17/h2-3,11H,4-9,18H2,1H3,(H,19,21). The molecular formula is C15H21BrFN3O. The number of nitrogens with one attached hydrogen (secondary N) is 1. The van der Waals surface area contributed by atoms with Crippen molar-refractivity contribution in [3.8, 4) is 0 Å². The number of nitrogens with two attached hydrogens (primary N) is 1. The van der Waals surface area contributed by atoms with E-state index in [9.17, 15) is 9.18 Å². The predicted octanol–water partition coefficient (Wildman–Crippen LogP) is 2.40. The second-order valence-corrected chi connectivity index (χ2v) is 6.24. The normalized spacial score (nSPS) is 16.1. The molecule has 1 aliphatic rings. The topological polar surface area (TPSA) is 58.4 Å². The number of nitrogens with zero attached hydrogens (tertiary/aromatic N) is 1. The molecule has 0 aromatic heterocycles. The van der Waals surface area contributed by atoms with Crippen LogP contribution in [0.25, 0.3) is 0 Å². The molecule has 116 valence electrons. The highest BCUT2D eigenvalue weighted by molar-refractivity contribution is 9.10. The van der Waals surface area contributed by atoms with Gasteiger partial charge in [0.25, 0.3) is 0 Å². The summed E-state index contributed by atoms with van der Waals surface area (Å²) < 4.78 is 14.8. The van der Waals surface area contributed by atoms with Crippen LogP contribution in [0.15, 0.2) is 16.6 Å². The van der Waals surface area contributed by atoms with Gasteiger partial charge in [-0.2, -0.15) is 0 Å². The Bertz CT molecular complexity index is 516. The van der Waals surface area contributed by atoms with Crippen molar-refractivity contribution in [2.24, 2.45) is 11.7 Å². The van der Waals surface area contributed by atoms with Gasteiger partial charge < -0.3 is 16.0 Å². The van der Waals surface area contributed by atoms with Crippen molar-refractivity contribution in [3.63, 3.8) is 0 Å². The fourth-order valence-electron chi connectivity index (χ4n) is 2.65. The van der Waals surface area contributed by atoms with Gasteiger partial charge >= 0.3 is 0 Å². The van der Waals surface area contributed by atoms with Crippen molar-refractivity contribution in [1.82, 2.24) is 5.32 Å². The fourth-order valence-corrected chi connectivity index (χ4v) is 3.14. The van der Waals surface area contributed by atoms with Crippen LogP contribution in [0.3, 0.4) is 0 Å². The minimum Gasteiger partial charge on any atom is -0.369 e. The van der Waals surface area contributed by atoms with E-state index in [1.54, 1.807) is 6.07 Å². The number of carbonyl (C=O) groups is 1. The van der Waals surface area contributed by atoms with Crippen LogP contribution in [0.2, 0.25) is 0 Å². The first kappa shape index (κ1) is 16.2. The third kappa shape index (κ3) is 3.95. The molecule has 0 spiro atoms. The molecule has 1 saturated heterocycles. The van der Waals surface area contributed by atoms with Crippen molar-refractivity contribution >= 4 is 27.5 Å². The first-order chi connectivity index (χ1) is 10.0. The third-order valence-corrected chi connectivity index (χ3v) is 4.81. The highest BCUT2D eigenvalue weighted by atomic mass is 79.9. The Labute approximate surface area is 133 Å². The third-order valence-electron chi connectivity index (χ3n) is 3.96. The molecule has 0 radical (unpaired) electrons. The fraction of sp³-hybridized carbons (Fsp3) is 0.533. The minimum atomic E-state index is -0.238. The molecule has 4 nitrogen and oxygen atoms in total. The number of halogens is 2. The van der Waals surface area contributed by atoms with Gasteiger partial charge in [0.2, 0.25) is 5.91 Å². The van der Waals surface area contributed by atoms with Crippen LogP contribution in [0.5, 0.6) is 0 Å². The Kier molecular flexibility index (Phi) is 5.58. The molecular weight excluding hydrogens is 337 g/mol. The molecule has 0 aliphatic carbocycles. The van der Waals surface area contributed by atoms with E-state index in [-0.39, 0.29) is 11.7 Å². The lowest BCUT2D eigenvalue weighted by Gasteiger charge is -2.34. The summed E-state index contributed by atoms with van der Waals surface area (Å²) in [6.45, 7) is 4.16. The lowest BCUT2D eigenvalue weighted by molar-refractivity contribution is -0.119. The lowest BCUT2D eigenvalue weighted by Crippen LogP contribution is -2.38. The molecule has 0 saturated carbocycles. The highest BCUT2D eigenvalue weighted by Crippen LogP contribution is 2.31. The second-order valence-electron chi connectivity index (χ2n) is 5.44. The predicted molar refractivity (Wildman–Crippen MR) is 85.6 cm³/mol. The molecule has 1 aromatic carbocycles. The van der Waals surface area contributed by atoms with Crippen molar-refractivity contribution in [3.05, 3.63) is 28.0 Å². The van der Waals surface area contributed by atoms with E-state index in [2.05, 4.69) is 26.1 Å². The number of anilines is 1. The molecule has 6 heteroatoms. The monoisotopic (exact) mass is 357 g/mol. The number of rotatable bonds is 4. The molecule has 2 rings (SSSR count). The molecule has 1 aliphatic heterocycles. The summed E-state index contributed by atoms with van der Waals surface area (Å²) in [5, 5.41) is 2.85. The Morgan fingerprint density at radius 3 is 2.71 bits per heavy atom. The first-order valence-corrected chi connectivity index (χ1v) is 7.98. The summed E-state index contributed by atoms with van der Waals surface area (Å²) in [5.41, 5.74) is 6.98. The van der Waals surface area contributed by atoms with Crippen LogP contribution >= 0.6 is 15.9 Å². The number of piperidine rings is 1. The van der Waals surface area contributed by atoms with Crippen molar-refractivity contribution in [2.45, 2.75) is 26.3 Å².